The van der Waals surface area contributed by atoms with Crippen LogP contribution in [0.25, 0.3) is 167 Å². The fraction of sp³-hybridized carbons (Fsp3) is 0.0707. The Balaban J connectivity index is 1.09. The molecule has 107 heavy (non-hydrogen) atoms. The van der Waals surface area contributed by atoms with Gasteiger partial charge in [0.15, 0.2) is 0 Å². The molecule has 0 N–H and O–H groups in total. The van der Waals surface area contributed by atoms with Gasteiger partial charge in [0.2, 0.25) is 0 Å². The summed E-state index contributed by atoms with van der Waals surface area (Å²) in [4.78, 5) is 38.2. The van der Waals surface area contributed by atoms with E-state index in [-0.39, 0.29) is 0 Å². The molecule has 15 aromatic carbocycles. The number of methoxy groups -OCH3 is 1. The van der Waals surface area contributed by atoms with Crippen LogP contribution in [0.3, 0.4) is 0 Å². The average molecular weight is 1390 g/mol. The van der Waals surface area contributed by atoms with Crippen LogP contribution in [0.1, 0.15) is 33.4 Å². The summed E-state index contributed by atoms with van der Waals surface area (Å²) in [6.07, 6.45) is 0. The van der Waals surface area contributed by atoms with Gasteiger partial charge in [-0.25, -0.2) is 29.9 Å². The average Bonchev–Trinajstić information content (AvgIpc) is 0.720. The molecule has 0 amide bonds. The summed E-state index contributed by atoms with van der Waals surface area (Å²) < 4.78 is 6.07. The van der Waals surface area contributed by atoms with E-state index in [9.17, 15) is 0 Å². The maximum Gasteiger partial charge on any atom is 0.120 e. The second-order valence-corrected chi connectivity index (χ2v) is 30.2. The van der Waals surface area contributed by atoms with Crippen LogP contribution in [-0.2, 0) is 0 Å². The number of nitrogens with zero attached hydrogens (tertiary/aromatic N) is 6. The summed E-state index contributed by atoms with van der Waals surface area (Å²) in [5, 5.41) is 6.40. The van der Waals surface area contributed by atoms with Crippen molar-refractivity contribution in [3.63, 3.8) is 0 Å². The lowest BCUT2D eigenvalue weighted by Crippen LogP contribution is -2.26. The number of rotatable bonds is 14. The highest BCUT2D eigenvalue weighted by Crippen LogP contribution is 2.50. The van der Waals surface area contributed by atoms with Gasteiger partial charge in [0.05, 0.1) is 45.9 Å². The summed E-state index contributed by atoms with van der Waals surface area (Å²) in [5.74, 6) is 0.754. The van der Waals surface area contributed by atoms with Crippen molar-refractivity contribution >= 4 is 78.6 Å². The SMILES string of the molecule is COc1ccc2cccc(-c3c(-c4nc5c(-c6ccc(C)cc6)ccc(-c6ccc(C)cc6)c5nc4-c4nc5c(-c6ccc(C)cc6)ccc(-c6ccc(C)cc6)c5nc4-c4nc5c(-c6ccc(C)cc6)ccc(-c6ccc(C)cc6)c5nc4P(c4ccccc4)c4ccccc4)ccc4ccccc34)c2c1. The van der Waals surface area contributed by atoms with Crippen LogP contribution < -0.4 is 20.8 Å². The Morgan fingerprint density at radius 1 is 0.234 bits per heavy atom. The Kier molecular flexibility index (Phi) is 17.0. The molecule has 0 aliphatic heterocycles. The fourth-order valence-electron chi connectivity index (χ4n) is 15.1. The number of aromatic nitrogens is 6. The molecule has 18 rings (SSSR count). The van der Waals surface area contributed by atoms with Crippen LogP contribution in [0.4, 0.5) is 0 Å². The zero-order valence-corrected chi connectivity index (χ0v) is 61.5. The van der Waals surface area contributed by atoms with E-state index in [2.05, 4.69) is 351 Å². The first-order valence-corrected chi connectivity index (χ1v) is 37.8. The highest BCUT2D eigenvalue weighted by molar-refractivity contribution is 7.79. The lowest BCUT2D eigenvalue weighted by molar-refractivity contribution is 0.415. The smallest absolute Gasteiger partial charge is 0.120 e. The van der Waals surface area contributed by atoms with E-state index in [4.69, 9.17) is 34.6 Å². The third-order valence-corrected chi connectivity index (χ3v) is 23.2. The number of fused-ring (bicyclic) bond motifs is 5. The van der Waals surface area contributed by atoms with E-state index < -0.39 is 7.92 Å². The molecule has 3 heterocycles. The zero-order chi connectivity index (χ0) is 72.4. The first-order valence-electron chi connectivity index (χ1n) is 36.4. The van der Waals surface area contributed by atoms with E-state index in [1.54, 1.807) is 7.11 Å². The van der Waals surface area contributed by atoms with Gasteiger partial charge in [-0.15, -0.1) is 0 Å². The molecule has 0 fully saturated rings. The number of hydrogen-bond acceptors (Lipinski definition) is 7. The van der Waals surface area contributed by atoms with Gasteiger partial charge >= 0.3 is 0 Å². The topological polar surface area (TPSA) is 86.6 Å². The van der Waals surface area contributed by atoms with Gasteiger partial charge in [0.1, 0.15) is 34.0 Å². The molecule has 510 valence electrons. The van der Waals surface area contributed by atoms with Crippen molar-refractivity contribution in [3.05, 3.63) is 349 Å². The fourth-order valence-corrected chi connectivity index (χ4v) is 17.4. The molecule has 7 nitrogen and oxygen atoms in total. The van der Waals surface area contributed by atoms with Gasteiger partial charge in [0.25, 0.3) is 0 Å². The van der Waals surface area contributed by atoms with E-state index in [0.29, 0.717) is 45.0 Å². The van der Waals surface area contributed by atoms with Gasteiger partial charge in [0, 0.05) is 46.9 Å². The highest BCUT2D eigenvalue weighted by atomic mass is 31.1. The van der Waals surface area contributed by atoms with Crippen molar-refractivity contribution in [2.75, 3.05) is 7.11 Å². The summed E-state index contributed by atoms with van der Waals surface area (Å²) in [7, 11) is 0.175. The van der Waals surface area contributed by atoms with E-state index in [1.165, 1.54) is 5.56 Å². The maximum atomic E-state index is 6.41. The van der Waals surface area contributed by atoms with Crippen LogP contribution in [0.15, 0.2) is 315 Å². The Hall–Kier alpha value is -12.9. The van der Waals surface area contributed by atoms with E-state index in [1.807, 2.05) is 6.07 Å². The third kappa shape index (κ3) is 12.2. The monoisotopic (exact) mass is 1390 g/mol. The quantitative estimate of drug-likeness (QED) is 0.100. The normalized spacial score (nSPS) is 11.6. The van der Waals surface area contributed by atoms with Crippen molar-refractivity contribution in [1.82, 2.24) is 29.9 Å². The van der Waals surface area contributed by atoms with E-state index >= 15 is 0 Å². The molecule has 18 aromatic rings. The molecule has 0 bridgehead atoms. The minimum absolute atomic E-state index is 0.489. The van der Waals surface area contributed by atoms with Crippen LogP contribution >= 0.6 is 7.92 Å². The number of aryl methyl sites for hydroxylation is 6. The number of hydrogen-bond donors (Lipinski definition) is 0. The first-order chi connectivity index (χ1) is 52.4. The molecule has 8 heteroatoms. The summed E-state index contributed by atoms with van der Waals surface area (Å²) in [5.41, 5.74) is 29.2. The van der Waals surface area contributed by atoms with Crippen LogP contribution in [0, 0.1) is 41.5 Å². The second-order valence-electron chi connectivity index (χ2n) is 28.1. The Morgan fingerprint density at radius 2 is 0.542 bits per heavy atom. The Morgan fingerprint density at radius 3 is 0.944 bits per heavy atom. The molecule has 0 atom stereocenters. The van der Waals surface area contributed by atoms with Gasteiger partial charge in [-0.3, -0.25) is 0 Å². The molecule has 3 aromatic heterocycles. The number of ether oxygens (including phenoxy) is 1. The second kappa shape index (κ2) is 27.6. The zero-order valence-electron chi connectivity index (χ0n) is 60.6. The minimum Gasteiger partial charge on any atom is -0.497 e. The van der Waals surface area contributed by atoms with Crippen LogP contribution in [-0.4, -0.2) is 37.0 Å². The molecular weight excluding hydrogens is 1320 g/mol. The summed E-state index contributed by atoms with van der Waals surface area (Å²) >= 11 is 0. The predicted octanol–water partition coefficient (Wildman–Crippen LogP) is 24.1. The van der Waals surface area contributed by atoms with Crippen LogP contribution in [0.5, 0.6) is 5.75 Å². The molecule has 0 unspecified atom stereocenters. The van der Waals surface area contributed by atoms with Crippen molar-refractivity contribution < 1.29 is 4.74 Å². The lowest BCUT2D eigenvalue weighted by Gasteiger charge is -2.24. The van der Waals surface area contributed by atoms with Crippen molar-refractivity contribution in [3.8, 4) is 118 Å². The Bertz CT molecular complexity index is 6450. The minimum atomic E-state index is -1.56. The van der Waals surface area contributed by atoms with Crippen molar-refractivity contribution in [2.24, 2.45) is 0 Å². The molecule has 0 radical (unpaired) electrons. The standard InChI is InChI=1S/C99H73N6OP/c1-60-25-37-68(38-26-60)78-53-54-79(69-39-27-61(2)28-40-69)89-88(78)100-94(85-52-50-66-17-14-15-23-77(66)87(85)84-24-16-18-67-49-51-74(106-7)59-86(67)84)95(101-89)96-97(103-91-81(71-43-31-63(4)32-44-71)56-55-80(90(91)102-96)70-41-29-62(3)30-42-70)98-99(107(75-19-10-8-11-20-75)76-21-12-9-13-22-76)105-93-83(73-47-35-65(6)36-48-73)58-57-82(92(93)104-98)72-45-33-64(5)34-46-72/h8-59H,1-7H3. The van der Waals surface area contributed by atoms with E-state index in [0.717, 1.165) is 171 Å². The Labute approximate surface area is 624 Å². The summed E-state index contributed by atoms with van der Waals surface area (Å²) in [6.45, 7) is 12.8. The predicted molar refractivity (Wildman–Crippen MR) is 449 cm³/mol. The molecular formula is C99H73N6OP. The van der Waals surface area contributed by atoms with Crippen molar-refractivity contribution in [2.45, 2.75) is 41.5 Å². The molecule has 0 aliphatic carbocycles. The lowest BCUT2D eigenvalue weighted by atomic mass is 9.87. The van der Waals surface area contributed by atoms with Gasteiger partial charge in [-0.2, -0.15) is 0 Å². The molecule has 0 saturated carbocycles. The van der Waals surface area contributed by atoms with Gasteiger partial charge in [-0.1, -0.05) is 337 Å². The third-order valence-electron chi connectivity index (χ3n) is 20.9. The number of benzene rings is 15. The first kappa shape index (κ1) is 66.1. The molecule has 0 saturated heterocycles. The van der Waals surface area contributed by atoms with Crippen molar-refractivity contribution in [1.29, 1.82) is 0 Å². The maximum absolute atomic E-state index is 6.41. The highest BCUT2D eigenvalue weighted by Gasteiger charge is 2.33. The van der Waals surface area contributed by atoms with Gasteiger partial charge in [-0.05, 0) is 130 Å². The van der Waals surface area contributed by atoms with Gasteiger partial charge < -0.3 is 4.74 Å². The molecule has 0 aliphatic rings. The largest absolute Gasteiger partial charge is 0.497 e. The summed E-state index contributed by atoms with van der Waals surface area (Å²) in [6, 6.07) is 114. The molecule has 0 spiro atoms. The van der Waals surface area contributed by atoms with Crippen LogP contribution in [0.2, 0.25) is 0 Å².